The highest BCUT2D eigenvalue weighted by atomic mass is 19.4. The van der Waals surface area contributed by atoms with Gasteiger partial charge in [-0.3, -0.25) is 4.79 Å². The lowest BCUT2D eigenvalue weighted by atomic mass is 10.1. The minimum Gasteiger partial charge on any atom is -0.378 e. The van der Waals surface area contributed by atoms with E-state index in [1.807, 2.05) is 4.90 Å². The summed E-state index contributed by atoms with van der Waals surface area (Å²) in [5.74, 6) is -1.05. The van der Waals surface area contributed by atoms with Crippen LogP contribution in [0, 0.1) is 5.82 Å². The highest BCUT2D eigenvalue weighted by molar-refractivity contribution is 5.92. The van der Waals surface area contributed by atoms with Crippen LogP contribution in [-0.2, 0) is 22.1 Å². The Morgan fingerprint density at radius 2 is 1.82 bits per heavy atom. The van der Waals surface area contributed by atoms with Crippen molar-refractivity contribution < 1.29 is 27.1 Å². The molecule has 1 heterocycles. The highest BCUT2D eigenvalue weighted by Crippen LogP contribution is 2.37. The Bertz CT molecular complexity index is 833. The van der Waals surface area contributed by atoms with Gasteiger partial charge in [-0.1, -0.05) is 18.2 Å². The molecule has 28 heavy (non-hydrogen) atoms. The fourth-order valence-corrected chi connectivity index (χ4v) is 3.06. The first-order valence-corrected chi connectivity index (χ1v) is 8.92. The van der Waals surface area contributed by atoms with E-state index in [4.69, 9.17) is 4.74 Å². The average Bonchev–Trinajstić information content (AvgIpc) is 2.67. The molecule has 2 aromatic carbocycles. The van der Waals surface area contributed by atoms with E-state index in [2.05, 4.69) is 5.32 Å². The highest BCUT2D eigenvalue weighted by Gasteiger charge is 2.34. The predicted molar refractivity (Wildman–Crippen MR) is 97.8 cm³/mol. The minimum atomic E-state index is -4.61. The van der Waals surface area contributed by atoms with Gasteiger partial charge in [0.15, 0.2) is 0 Å². The van der Waals surface area contributed by atoms with Gasteiger partial charge in [0.05, 0.1) is 24.5 Å². The van der Waals surface area contributed by atoms with Crippen molar-refractivity contribution in [1.29, 1.82) is 0 Å². The molecule has 1 N–H and O–H groups in total. The Kier molecular flexibility index (Phi) is 6.18. The van der Waals surface area contributed by atoms with E-state index in [-0.39, 0.29) is 18.5 Å². The lowest BCUT2D eigenvalue weighted by Gasteiger charge is -2.29. The van der Waals surface area contributed by atoms with E-state index in [0.29, 0.717) is 37.6 Å². The molecule has 0 unspecified atom stereocenters. The number of benzene rings is 2. The van der Waals surface area contributed by atoms with Gasteiger partial charge in [-0.05, 0) is 36.2 Å². The van der Waals surface area contributed by atoms with Crippen molar-refractivity contribution in [1.82, 2.24) is 0 Å². The van der Waals surface area contributed by atoms with Gasteiger partial charge in [-0.25, -0.2) is 4.39 Å². The Morgan fingerprint density at radius 1 is 1.11 bits per heavy atom. The lowest BCUT2D eigenvalue weighted by molar-refractivity contribution is -0.136. The van der Waals surface area contributed by atoms with E-state index in [9.17, 15) is 22.4 Å². The number of carbonyl (C=O) groups is 1. The van der Waals surface area contributed by atoms with Crippen LogP contribution in [-0.4, -0.2) is 32.2 Å². The molecule has 0 aliphatic carbocycles. The molecule has 0 spiro atoms. The molecule has 1 fully saturated rings. The van der Waals surface area contributed by atoms with Crippen molar-refractivity contribution in [2.24, 2.45) is 0 Å². The third-order valence-electron chi connectivity index (χ3n) is 4.54. The molecule has 8 heteroatoms. The molecule has 2 aromatic rings. The molecule has 0 saturated carbocycles. The smallest absolute Gasteiger partial charge is 0.378 e. The summed E-state index contributed by atoms with van der Waals surface area (Å²) < 4.78 is 59.4. The van der Waals surface area contributed by atoms with E-state index in [0.717, 1.165) is 6.07 Å². The first kappa shape index (κ1) is 20.1. The van der Waals surface area contributed by atoms with Crippen LogP contribution in [0.15, 0.2) is 42.5 Å². The molecule has 1 amide bonds. The van der Waals surface area contributed by atoms with Crippen molar-refractivity contribution in [3.05, 3.63) is 59.4 Å². The fourth-order valence-electron chi connectivity index (χ4n) is 3.06. The molecule has 0 atom stereocenters. The van der Waals surface area contributed by atoms with Crippen LogP contribution >= 0.6 is 0 Å². The number of carbonyl (C=O) groups excluding carboxylic acids is 1. The number of anilines is 2. The van der Waals surface area contributed by atoms with Crippen LogP contribution in [0.1, 0.15) is 17.5 Å². The maximum Gasteiger partial charge on any atom is 0.418 e. The largest absolute Gasteiger partial charge is 0.418 e. The molecule has 4 nitrogen and oxygen atoms in total. The number of alkyl halides is 3. The normalized spacial score (nSPS) is 14.8. The monoisotopic (exact) mass is 396 g/mol. The summed E-state index contributed by atoms with van der Waals surface area (Å²) in [5, 5.41) is 2.31. The van der Waals surface area contributed by atoms with Gasteiger partial charge >= 0.3 is 6.18 Å². The predicted octanol–water partition coefficient (Wildman–Crippen LogP) is 4.25. The molecule has 0 bridgehead atoms. The van der Waals surface area contributed by atoms with E-state index < -0.39 is 23.5 Å². The second-order valence-corrected chi connectivity index (χ2v) is 6.47. The summed E-state index contributed by atoms with van der Waals surface area (Å²) in [6.45, 7) is 1.92. The van der Waals surface area contributed by atoms with E-state index >= 15 is 0 Å². The number of nitrogens with zero attached hydrogens (tertiary/aromatic N) is 1. The number of amides is 1. The molecule has 0 aromatic heterocycles. The number of ether oxygens (including phenoxy) is 1. The average molecular weight is 396 g/mol. The first-order chi connectivity index (χ1) is 13.3. The summed E-state index contributed by atoms with van der Waals surface area (Å²) in [7, 11) is 0. The van der Waals surface area contributed by atoms with Crippen LogP contribution in [0.4, 0.5) is 28.9 Å². The van der Waals surface area contributed by atoms with Crippen molar-refractivity contribution in [2.45, 2.75) is 19.0 Å². The number of morpholine rings is 1. The number of hydrogen-bond donors (Lipinski definition) is 1. The summed E-state index contributed by atoms with van der Waals surface area (Å²) in [6, 6.07) is 9.84. The Labute approximate surface area is 160 Å². The van der Waals surface area contributed by atoms with Gasteiger partial charge in [-0.2, -0.15) is 13.2 Å². The maximum absolute atomic E-state index is 13.6. The Hall–Kier alpha value is -2.61. The third-order valence-corrected chi connectivity index (χ3v) is 4.54. The SMILES string of the molecule is O=C(CCc1ccccc1F)Nc1ccc(N2CCOCC2)cc1C(F)(F)F. The van der Waals surface area contributed by atoms with Gasteiger partial charge in [0, 0.05) is 25.2 Å². The van der Waals surface area contributed by atoms with Crippen LogP contribution < -0.4 is 10.2 Å². The van der Waals surface area contributed by atoms with Crippen molar-refractivity contribution in [2.75, 3.05) is 36.5 Å². The zero-order valence-electron chi connectivity index (χ0n) is 15.1. The first-order valence-electron chi connectivity index (χ1n) is 8.92. The fraction of sp³-hybridized carbons (Fsp3) is 0.350. The van der Waals surface area contributed by atoms with Gasteiger partial charge in [-0.15, -0.1) is 0 Å². The van der Waals surface area contributed by atoms with Gasteiger partial charge in [0.1, 0.15) is 5.82 Å². The molecule has 1 aliphatic rings. The molecule has 150 valence electrons. The number of nitrogens with one attached hydrogen (secondary N) is 1. The van der Waals surface area contributed by atoms with Crippen LogP contribution in [0.5, 0.6) is 0 Å². The summed E-state index contributed by atoms with van der Waals surface area (Å²) >= 11 is 0. The standard InChI is InChI=1S/C20H20F4N2O2/c21-17-4-2-1-3-14(17)5-8-19(27)25-18-7-6-15(13-16(18)20(22,23)24)26-9-11-28-12-10-26/h1-4,6-7,13H,5,8-12H2,(H,25,27). The van der Waals surface area contributed by atoms with E-state index in [1.165, 1.54) is 18.2 Å². The Balaban J connectivity index is 1.73. The second kappa shape index (κ2) is 8.60. The lowest BCUT2D eigenvalue weighted by Crippen LogP contribution is -2.36. The van der Waals surface area contributed by atoms with Gasteiger partial charge in [0.2, 0.25) is 5.91 Å². The molecule has 1 aliphatic heterocycles. The third kappa shape index (κ3) is 5.01. The maximum atomic E-state index is 13.6. The zero-order chi connectivity index (χ0) is 20.1. The van der Waals surface area contributed by atoms with Crippen LogP contribution in [0.3, 0.4) is 0 Å². The molecular formula is C20H20F4N2O2. The van der Waals surface area contributed by atoms with E-state index in [1.54, 1.807) is 18.2 Å². The Morgan fingerprint density at radius 3 is 2.50 bits per heavy atom. The minimum absolute atomic E-state index is 0.103. The quantitative estimate of drug-likeness (QED) is 0.769. The van der Waals surface area contributed by atoms with Crippen molar-refractivity contribution >= 4 is 17.3 Å². The number of hydrogen-bond acceptors (Lipinski definition) is 3. The number of halogens is 4. The van der Waals surface area contributed by atoms with Crippen molar-refractivity contribution in [3.8, 4) is 0 Å². The zero-order valence-corrected chi connectivity index (χ0v) is 15.1. The number of aryl methyl sites for hydroxylation is 1. The summed E-state index contributed by atoms with van der Waals surface area (Å²) in [4.78, 5) is 13.9. The van der Waals surface area contributed by atoms with Crippen LogP contribution in [0.2, 0.25) is 0 Å². The molecule has 1 saturated heterocycles. The summed E-state index contributed by atoms with van der Waals surface area (Å²) in [6.07, 6.45) is -4.63. The van der Waals surface area contributed by atoms with Gasteiger partial charge < -0.3 is 15.0 Å². The topological polar surface area (TPSA) is 41.6 Å². The summed E-state index contributed by atoms with van der Waals surface area (Å²) in [5.41, 5.74) is -0.435. The van der Waals surface area contributed by atoms with Crippen LogP contribution in [0.25, 0.3) is 0 Å². The van der Waals surface area contributed by atoms with Crippen molar-refractivity contribution in [3.63, 3.8) is 0 Å². The van der Waals surface area contributed by atoms with Gasteiger partial charge in [0.25, 0.3) is 0 Å². The molecular weight excluding hydrogens is 376 g/mol. The second-order valence-electron chi connectivity index (χ2n) is 6.47. The number of rotatable bonds is 5. The molecule has 0 radical (unpaired) electrons. The molecule has 3 rings (SSSR count).